The van der Waals surface area contributed by atoms with Gasteiger partial charge in [0.25, 0.3) is 5.69 Å². The quantitative estimate of drug-likeness (QED) is 0.0913. The molecule has 0 atom stereocenters. The van der Waals surface area contributed by atoms with Crippen LogP contribution < -0.4 is 9.64 Å². The summed E-state index contributed by atoms with van der Waals surface area (Å²) in [4.78, 5) is 82.9. The summed E-state index contributed by atoms with van der Waals surface area (Å²) in [5.74, 6) is -2.37. The van der Waals surface area contributed by atoms with E-state index in [0.29, 0.717) is 58.0 Å². The molecule has 1 aliphatic heterocycles. The molecular weight excluding hydrogens is 656 g/mol. The van der Waals surface area contributed by atoms with Crippen molar-refractivity contribution in [3.05, 3.63) is 64.7 Å². The predicted octanol–water partition coefficient (Wildman–Crippen LogP) is 0.274. The number of para-hydroxylation sites is 1. The minimum atomic E-state index is -0.755. The molecule has 1 aliphatic rings. The Morgan fingerprint density at radius 1 is 0.620 bits per heavy atom. The normalized spacial score (nSPS) is 15.5. The first kappa shape index (κ1) is 39.5. The van der Waals surface area contributed by atoms with Crippen LogP contribution in [0.4, 0.5) is 11.4 Å². The van der Waals surface area contributed by atoms with Gasteiger partial charge in [0, 0.05) is 70.2 Å². The summed E-state index contributed by atoms with van der Waals surface area (Å²) in [7, 11) is 3.91. The number of methoxy groups -OCH3 is 3. The minimum absolute atomic E-state index is 0.0105. The molecule has 0 unspecified atom stereocenters. The van der Waals surface area contributed by atoms with Gasteiger partial charge >= 0.3 is 23.9 Å². The molecular formula is C33H44N6O11. The van der Waals surface area contributed by atoms with Crippen molar-refractivity contribution in [1.82, 2.24) is 19.6 Å². The lowest BCUT2D eigenvalue weighted by Crippen LogP contribution is -2.50. The molecule has 0 bridgehead atoms. The average Bonchev–Trinajstić information content (AvgIpc) is 3.11. The molecule has 50 heavy (non-hydrogen) atoms. The maximum atomic E-state index is 14.0. The number of benzene rings is 2. The Morgan fingerprint density at radius 3 is 1.40 bits per heavy atom. The van der Waals surface area contributed by atoms with Gasteiger partial charge in [-0.25, -0.2) is 4.79 Å². The Bertz CT molecular complexity index is 1410. The summed E-state index contributed by atoms with van der Waals surface area (Å²) < 4.78 is 20.0. The molecule has 1 fully saturated rings. The lowest BCUT2D eigenvalue weighted by Gasteiger charge is -2.34. The Labute approximate surface area is 290 Å². The van der Waals surface area contributed by atoms with Gasteiger partial charge in [-0.15, -0.1) is 0 Å². The highest BCUT2D eigenvalue weighted by atomic mass is 16.6. The van der Waals surface area contributed by atoms with E-state index in [-0.39, 0.29) is 37.6 Å². The van der Waals surface area contributed by atoms with Gasteiger partial charge in [0.05, 0.1) is 52.4 Å². The van der Waals surface area contributed by atoms with Gasteiger partial charge < -0.3 is 23.8 Å². The number of rotatable bonds is 13. The topological polar surface area (TPSA) is 182 Å². The number of amides is 1. The molecule has 3 rings (SSSR count). The van der Waals surface area contributed by atoms with Crippen LogP contribution >= 0.6 is 0 Å². The number of non-ortho nitro benzene ring substituents is 1. The van der Waals surface area contributed by atoms with Crippen molar-refractivity contribution in [1.29, 1.82) is 0 Å². The lowest BCUT2D eigenvalue weighted by atomic mass is 10.2. The molecule has 1 amide bonds. The van der Waals surface area contributed by atoms with Crippen LogP contribution in [0.1, 0.15) is 0 Å². The lowest BCUT2D eigenvalue weighted by molar-refractivity contribution is -0.384. The highest BCUT2D eigenvalue weighted by molar-refractivity contribution is 5.99. The third kappa shape index (κ3) is 13.5. The molecule has 0 spiro atoms. The molecule has 0 N–H and O–H groups in total. The smallest absolute Gasteiger partial charge is 0.331 e. The zero-order chi connectivity index (χ0) is 36.5. The molecule has 272 valence electrons. The molecule has 17 heteroatoms. The van der Waals surface area contributed by atoms with E-state index < -0.39 is 41.3 Å². The van der Waals surface area contributed by atoms with E-state index in [1.54, 1.807) is 30.3 Å². The fourth-order valence-electron chi connectivity index (χ4n) is 5.09. The average molecular weight is 701 g/mol. The minimum Gasteiger partial charge on any atom is -0.468 e. The first-order valence-electron chi connectivity index (χ1n) is 15.9. The number of ether oxygens (including phenoxy) is 4. The molecule has 1 heterocycles. The number of carbonyl (C=O) groups is 5. The van der Waals surface area contributed by atoms with E-state index in [4.69, 9.17) is 18.9 Å². The summed E-state index contributed by atoms with van der Waals surface area (Å²) >= 11 is 0. The van der Waals surface area contributed by atoms with Crippen LogP contribution in [0.5, 0.6) is 5.75 Å². The van der Waals surface area contributed by atoms with Crippen LogP contribution in [0.3, 0.4) is 0 Å². The summed E-state index contributed by atoms with van der Waals surface area (Å²) in [6, 6.07) is 13.6. The maximum Gasteiger partial charge on any atom is 0.331 e. The highest BCUT2D eigenvalue weighted by Gasteiger charge is 2.26. The molecule has 0 radical (unpaired) electrons. The van der Waals surface area contributed by atoms with Crippen molar-refractivity contribution in [2.75, 3.05) is 111 Å². The Hall–Kier alpha value is -4.97. The molecule has 1 saturated heterocycles. The van der Waals surface area contributed by atoms with Gasteiger partial charge in [-0.3, -0.25) is 48.9 Å². The molecule has 2 aromatic carbocycles. The summed E-state index contributed by atoms with van der Waals surface area (Å²) in [5.41, 5.74) is 0.295. The van der Waals surface area contributed by atoms with Gasteiger partial charge in [-0.05, 0) is 24.3 Å². The molecule has 0 saturated carbocycles. The van der Waals surface area contributed by atoms with Crippen molar-refractivity contribution in [2.24, 2.45) is 0 Å². The second-order valence-corrected chi connectivity index (χ2v) is 11.4. The third-order valence-corrected chi connectivity index (χ3v) is 7.97. The summed E-state index contributed by atoms with van der Waals surface area (Å²) in [6.07, 6.45) is 0. The second kappa shape index (κ2) is 20.5. The largest absolute Gasteiger partial charge is 0.468 e. The first-order valence-corrected chi connectivity index (χ1v) is 15.9. The van der Waals surface area contributed by atoms with Gasteiger partial charge in [0.1, 0.15) is 12.3 Å². The number of hydrogen-bond acceptors (Lipinski definition) is 15. The van der Waals surface area contributed by atoms with Crippen LogP contribution in [0.2, 0.25) is 0 Å². The highest BCUT2D eigenvalue weighted by Crippen LogP contribution is 2.19. The summed E-state index contributed by atoms with van der Waals surface area (Å²) in [5, 5.41) is 11.0. The third-order valence-electron chi connectivity index (χ3n) is 7.97. The van der Waals surface area contributed by atoms with E-state index in [0.717, 1.165) is 0 Å². The van der Waals surface area contributed by atoms with E-state index in [9.17, 15) is 34.1 Å². The Morgan fingerprint density at radius 2 is 1.02 bits per heavy atom. The molecule has 0 aromatic heterocycles. The maximum absolute atomic E-state index is 14.0. The van der Waals surface area contributed by atoms with Crippen molar-refractivity contribution in [3.8, 4) is 5.75 Å². The van der Waals surface area contributed by atoms with Gasteiger partial charge in [-0.2, -0.15) is 0 Å². The van der Waals surface area contributed by atoms with Crippen molar-refractivity contribution < 1.29 is 47.8 Å². The van der Waals surface area contributed by atoms with Crippen LogP contribution in [0, 0.1) is 10.1 Å². The van der Waals surface area contributed by atoms with Crippen LogP contribution in [-0.2, 0) is 38.2 Å². The second-order valence-electron chi connectivity index (χ2n) is 11.4. The fraction of sp³-hybridized carbons (Fsp3) is 0.485. The monoisotopic (exact) mass is 700 g/mol. The van der Waals surface area contributed by atoms with E-state index in [1.165, 1.54) is 50.5 Å². The van der Waals surface area contributed by atoms with Gasteiger partial charge in [-0.1, -0.05) is 18.2 Å². The predicted molar refractivity (Wildman–Crippen MR) is 179 cm³/mol. The van der Waals surface area contributed by atoms with Crippen molar-refractivity contribution in [2.45, 2.75) is 0 Å². The number of anilines is 1. The number of carbonyl (C=O) groups excluding carboxylic acids is 5. The first-order chi connectivity index (χ1) is 24.0. The SMILES string of the molecule is COC(=O)CN1CCN(CC(=O)OC)CCN(CC(=O)N(CC(=O)Oc2ccc([N+](=O)[O-])cc2)c2ccccc2)CCN(CC(=O)OC)CC1. The van der Waals surface area contributed by atoms with Crippen molar-refractivity contribution >= 4 is 41.2 Å². The van der Waals surface area contributed by atoms with E-state index in [1.807, 2.05) is 19.6 Å². The Kier molecular flexibility index (Phi) is 16.2. The fourth-order valence-corrected chi connectivity index (χ4v) is 5.09. The molecule has 2 aromatic rings. The standard InChI is InChI=1S/C33H44N6O11/c1-47-30(41)22-35-15-13-34(14-16-36(23-31(42)48-2)18-20-37(19-17-35)24-32(43)49-3)21-29(40)38(26-7-5-4-6-8-26)25-33(44)50-28-11-9-27(10-12-28)39(45)46/h4-12H,13-25H2,1-3H3. The zero-order valence-corrected chi connectivity index (χ0v) is 28.6. The summed E-state index contributed by atoms with van der Waals surface area (Å²) in [6.45, 7) is 2.46. The zero-order valence-electron chi connectivity index (χ0n) is 28.6. The van der Waals surface area contributed by atoms with Crippen molar-refractivity contribution in [3.63, 3.8) is 0 Å². The van der Waals surface area contributed by atoms with Crippen LogP contribution in [-0.4, -0.2) is 161 Å². The van der Waals surface area contributed by atoms with Crippen LogP contribution in [0.25, 0.3) is 0 Å². The van der Waals surface area contributed by atoms with Gasteiger partial charge in [0.2, 0.25) is 5.91 Å². The number of nitro groups is 1. The molecule has 0 aliphatic carbocycles. The number of hydrogen-bond donors (Lipinski definition) is 0. The Balaban J connectivity index is 1.82. The number of nitrogens with zero attached hydrogens (tertiary/aromatic N) is 6. The van der Waals surface area contributed by atoms with Gasteiger partial charge in [0.15, 0.2) is 0 Å². The van der Waals surface area contributed by atoms with E-state index in [2.05, 4.69) is 0 Å². The molecule has 17 nitrogen and oxygen atoms in total. The van der Waals surface area contributed by atoms with E-state index >= 15 is 0 Å². The van der Waals surface area contributed by atoms with Crippen LogP contribution in [0.15, 0.2) is 54.6 Å². The number of esters is 4. The number of nitro benzene ring substituents is 1.